The third kappa shape index (κ3) is 2.89. The highest BCUT2D eigenvalue weighted by atomic mass is 35.5. The Kier molecular flexibility index (Phi) is 3.94. The van der Waals surface area contributed by atoms with Crippen molar-refractivity contribution < 1.29 is 5.11 Å². The van der Waals surface area contributed by atoms with Gasteiger partial charge in [-0.15, -0.1) is 0 Å². The van der Waals surface area contributed by atoms with E-state index in [1.807, 2.05) is 46.9 Å². The fourth-order valence-corrected chi connectivity index (χ4v) is 2.85. The molecule has 0 fully saturated rings. The van der Waals surface area contributed by atoms with Crippen LogP contribution in [0.25, 0.3) is 0 Å². The Labute approximate surface area is 125 Å². The van der Waals surface area contributed by atoms with Crippen molar-refractivity contribution in [2.75, 3.05) is 0 Å². The van der Waals surface area contributed by atoms with Crippen molar-refractivity contribution in [1.29, 1.82) is 0 Å². The van der Waals surface area contributed by atoms with E-state index in [9.17, 15) is 5.11 Å². The summed E-state index contributed by atoms with van der Waals surface area (Å²) in [4.78, 5) is 0. The highest BCUT2D eigenvalue weighted by Gasteiger charge is 2.27. The van der Waals surface area contributed by atoms with Gasteiger partial charge in [0.25, 0.3) is 0 Å². The molecule has 1 aromatic carbocycles. The maximum absolute atomic E-state index is 10.9. The van der Waals surface area contributed by atoms with E-state index >= 15 is 0 Å². The SMILES string of the molecule is Cc1cc(C)cc(C(C)(O)Cc2c(C)nn(C)c2Cl)c1. The van der Waals surface area contributed by atoms with E-state index < -0.39 is 5.60 Å². The van der Waals surface area contributed by atoms with E-state index in [-0.39, 0.29) is 0 Å². The first-order chi connectivity index (χ1) is 9.20. The van der Waals surface area contributed by atoms with Crippen LogP contribution in [0.2, 0.25) is 5.15 Å². The molecule has 0 saturated heterocycles. The van der Waals surface area contributed by atoms with Crippen LogP contribution in [0.1, 0.15) is 34.9 Å². The molecule has 1 unspecified atom stereocenters. The standard InChI is InChI=1S/C16H21ClN2O/c1-10-6-11(2)8-13(7-10)16(4,20)9-14-12(3)18-19(5)15(14)17/h6-8,20H,9H2,1-5H3. The van der Waals surface area contributed by atoms with Gasteiger partial charge in [0.05, 0.1) is 11.3 Å². The number of aromatic nitrogens is 2. The monoisotopic (exact) mass is 292 g/mol. The highest BCUT2D eigenvalue weighted by molar-refractivity contribution is 6.30. The minimum atomic E-state index is -0.964. The summed E-state index contributed by atoms with van der Waals surface area (Å²) in [5, 5.41) is 15.7. The number of hydrogen-bond donors (Lipinski definition) is 1. The zero-order valence-electron chi connectivity index (χ0n) is 12.7. The van der Waals surface area contributed by atoms with Crippen LogP contribution < -0.4 is 0 Å². The number of aliphatic hydroxyl groups is 1. The van der Waals surface area contributed by atoms with E-state index in [0.717, 1.165) is 27.9 Å². The Balaban J connectivity index is 2.40. The van der Waals surface area contributed by atoms with Gasteiger partial charge in [0, 0.05) is 19.0 Å². The summed E-state index contributed by atoms with van der Waals surface area (Å²) in [5.74, 6) is 0. The Morgan fingerprint density at radius 2 is 1.75 bits per heavy atom. The second-order valence-electron chi connectivity index (χ2n) is 5.81. The molecule has 0 bridgehead atoms. The minimum absolute atomic E-state index is 0.453. The van der Waals surface area contributed by atoms with E-state index in [4.69, 9.17) is 11.6 Å². The second kappa shape index (κ2) is 5.23. The largest absolute Gasteiger partial charge is 0.385 e. The first-order valence-corrected chi connectivity index (χ1v) is 7.07. The van der Waals surface area contributed by atoms with Crippen LogP contribution in [0.4, 0.5) is 0 Å². The number of aryl methyl sites for hydroxylation is 4. The zero-order valence-corrected chi connectivity index (χ0v) is 13.4. The van der Waals surface area contributed by atoms with Gasteiger partial charge in [-0.05, 0) is 33.3 Å². The molecule has 1 aromatic heterocycles. The second-order valence-corrected chi connectivity index (χ2v) is 6.16. The van der Waals surface area contributed by atoms with Crippen molar-refractivity contribution in [3.8, 4) is 0 Å². The molecule has 0 aliphatic heterocycles. The predicted octanol–water partition coefficient (Wildman–Crippen LogP) is 3.45. The Morgan fingerprint density at radius 3 is 2.20 bits per heavy atom. The van der Waals surface area contributed by atoms with Gasteiger partial charge < -0.3 is 5.11 Å². The molecule has 0 spiro atoms. The van der Waals surface area contributed by atoms with Crippen molar-refractivity contribution in [1.82, 2.24) is 9.78 Å². The van der Waals surface area contributed by atoms with Crippen molar-refractivity contribution >= 4 is 11.6 Å². The number of halogens is 1. The van der Waals surface area contributed by atoms with Gasteiger partial charge >= 0.3 is 0 Å². The van der Waals surface area contributed by atoms with Crippen molar-refractivity contribution in [3.63, 3.8) is 0 Å². The molecule has 0 aliphatic carbocycles. The maximum Gasteiger partial charge on any atom is 0.130 e. The molecule has 3 nitrogen and oxygen atoms in total. The number of rotatable bonds is 3. The van der Waals surface area contributed by atoms with Gasteiger partial charge in [-0.1, -0.05) is 40.9 Å². The Morgan fingerprint density at radius 1 is 1.20 bits per heavy atom. The van der Waals surface area contributed by atoms with Gasteiger partial charge in [0.1, 0.15) is 5.15 Å². The fourth-order valence-electron chi connectivity index (χ4n) is 2.61. The summed E-state index contributed by atoms with van der Waals surface area (Å²) in [6.45, 7) is 7.81. The summed E-state index contributed by atoms with van der Waals surface area (Å²) in [7, 11) is 1.81. The summed E-state index contributed by atoms with van der Waals surface area (Å²) < 4.78 is 1.64. The number of hydrogen-bond acceptors (Lipinski definition) is 2. The smallest absolute Gasteiger partial charge is 0.130 e. The third-order valence-electron chi connectivity index (χ3n) is 3.63. The first-order valence-electron chi connectivity index (χ1n) is 6.70. The van der Waals surface area contributed by atoms with Gasteiger partial charge in [0.15, 0.2) is 0 Å². The summed E-state index contributed by atoms with van der Waals surface area (Å²) in [6, 6.07) is 6.14. The number of benzene rings is 1. The predicted molar refractivity (Wildman–Crippen MR) is 82.1 cm³/mol. The lowest BCUT2D eigenvalue weighted by molar-refractivity contribution is 0.0573. The quantitative estimate of drug-likeness (QED) is 0.941. The average Bonchev–Trinajstić information content (AvgIpc) is 2.54. The van der Waals surface area contributed by atoms with E-state index in [1.165, 1.54) is 0 Å². The molecule has 1 N–H and O–H groups in total. The Hall–Kier alpha value is -1.32. The average molecular weight is 293 g/mol. The highest BCUT2D eigenvalue weighted by Crippen LogP contribution is 2.31. The van der Waals surface area contributed by atoms with Gasteiger partial charge in [-0.25, -0.2) is 0 Å². The maximum atomic E-state index is 10.9. The molecule has 0 amide bonds. The molecule has 1 heterocycles. The van der Waals surface area contributed by atoms with Crippen molar-refractivity contribution in [2.24, 2.45) is 7.05 Å². The Bertz CT molecular complexity index is 624. The summed E-state index contributed by atoms with van der Waals surface area (Å²) in [5.41, 5.74) is 4.01. The van der Waals surface area contributed by atoms with Crippen LogP contribution >= 0.6 is 11.6 Å². The molecule has 2 rings (SSSR count). The lowest BCUT2D eigenvalue weighted by atomic mass is 9.87. The molecule has 0 aliphatic rings. The topological polar surface area (TPSA) is 38.1 Å². The molecule has 0 saturated carbocycles. The minimum Gasteiger partial charge on any atom is -0.385 e. The normalized spacial score (nSPS) is 14.3. The van der Waals surface area contributed by atoms with Crippen LogP contribution in [0, 0.1) is 20.8 Å². The van der Waals surface area contributed by atoms with Crippen molar-refractivity contribution in [2.45, 2.75) is 39.7 Å². The number of nitrogens with zero attached hydrogens (tertiary/aromatic N) is 2. The molecule has 108 valence electrons. The van der Waals surface area contributed by atoms with E-state index in [0.29, 0.717) is 11.6 Å². The van der Waals surface area contributed by atoms with Crippen LogP contribution in [0.15, 0.2) is 18.2 Å². The first kappa shape index (κ1) is 15.1. The zero-order chi connectivity index (χ0) is 15.1. The van der Waals surface area contributed by atoms with Crippen LogP contribution in [-0.2, 0) is 19.1 Å². The molecular weight excluding hydrogens is 272 g/mol. The van der Waals surface area contributed by atoms with Crippen LogP contribution in [0.3, 0.4) is 0 Å². The lowest BCUT2D eigenvalue weighted by Gasteiger charge is -2.25. The molecule has 4 heteroatoms. The van der Waals surface area contributed by atoms with Crippen molar-refractivity contribution in [3.05, 3.63) is 51.3 Å². The third-order valence-corrected chi connectivity index (χ3v) is 4.11. The van der Waals surface area contributed by atoms with Crippen LogP contribution in [0.5, 0.6) is 0 Å². The lowest BCUT2D eigenvalue weighted by Crippen LogP contribution is -2.25. The van der Waals surface area contributed by atoms with E-state index in [2.05, 4.69) is 11.2 Å². The summed E-state index contributed by atoms with van der Waals surface area (Å²) in [6.07, 6.45) is 0.453. The molecule has 20 heavy (non-hydrogen) atoms. The molecular formula is C16H21ClN2O. The van der Waals surface area contributed by atoms with Gasteiger partial charge in [0.2, 0.25) is 0 Å². The molecule has 0 radical (unpaired) electrons. The van der Waals surface area contributed by atoms with E-state index in [1.54, 1.807) is 4.68 Å². The van der Waals surface area contributed by atoms with Crippen LogP contribution in [-0.4, -0.2) is 14.9 Å². The molecule has 1 atom stereocenters. The molecule has 2 aromatic rings. The fraction of sp³-hybridized carbons (Fsp3) is 0.438. The summed E-state index contributed by atoms with van der Waals surface area (Å²) >= 11 is 6.26. The van der Waals surface area contributed by atoms with Gasteiger partial charge in [-0.2, -0.15) is 5.10 Å². The van der Waals surface area contributed by atoms with Gasteiger partial charge in [-0.3, -0.25) is 4.68 Å².